The molecule has 2 aromatic carbocycles. The summed E-state index contributed by atoms with van der Waals surface area (Å²) in [5.74, 6) is 1.19. The fraction of sp³-hybridized carbons (Fsp3) is 0.385. The lowest BCUT2D eigenvalue weighted by atomic mass is 9.84. The first kappa shape index (κ1) is 24.1. The summed E-state index contributed by atoms with van der Waals surface area (Å²) in [6.45, 7) is 0. The topological polar surface area (TPSA) is 65.4 Å². The van der Waals surface area contributed by atoms with Gasteiger partial charge in [-0.25, -0.2) is 9.07 Å². The summed E-state index contributed by atoms with van der Waals surface area (Å²) < 4.78 is 26.4. The zero-order valence-electron chi connectivity index (χ0n) is 19.4. The lowest BCUT2D eigenvalue weighted by Crippen LogP contribution is -2.42. The van der Waals surface area contributed by atoms with Gasteiger partial charge in [0.15, 0.2) is 5.69 Å². The predicted molar refractivity (Wildman–Crippen MR) is 131 cm³/mol. The molecule has 1 aromatic heterocycles. The molecule has 0 radical (unpaired) electrons. The Labute approximate surface area is 204 Å². The van der Waals surface area contributed by atoms with Gasteiger partial charge in [-0.15, -0.1) is 11.6 Å². The number of alkyl halides is 1. The molecule has 0 saturated heterocycles. The highest BCUT2D eigenvalue weighted by molar-refractivity contribution is 6.18. The number of methoxy groups -OCH3 is 2. The third-order valence-electron chi connectivity index (χ3n) is 6.40. The van der Waals surface area contributed by atoms with Gasteiger partial charge in [0.2, 0.25) is 0 Å². The Bertz CT molecular complexity index is 1100. The molecule has 0 spiro atoms. The lowest BCUT2D eigenvalue weighted by molar-refractivity contribution is 0.0914. The van der Waals surface area contributed by atoms with Crippen molar-refractivity contribution in [1.82, 2.24) is 15.1 Å². The predicted octanol–water partition coefficient (Wildman–Crippen LogP) is 5.61. The average molecular weight is 486 g/mol. The largest absolute Gasteiger partial charge is 0.496 e. The van der Waals surface area contributed by atoms with Crippen molar-refractivity contribution in [3.63, 3.8) is 0 Å². The quantitative estimate of drug-likeness (QED) is 0.421. The second kappa shape index (κ2) is 10.9. The van der Waals surface area contributed by atoms with Crippen LogP contribution in [0.25, 0.3) is 16.9 Å². The minimum absolute atomic E-state index is 0.116. The van der Waals surface area contributed by atoms with Crippen molar-refractivity contribution < 1.29 is 18.7 Å². The van der Waals surface area contributed by atoms with Gasteiger partial charge in [0.25, 0.3) is 5.91 Å². The number of halogens is 2. The molecule has 1 aliphatic rings. The van der Waals surface area contributed by atoms with Crippen LogP contribution in [0.5, 0.6) is 11.5 Å². The van der Waals surface area contributed by atoms with E-state index < -0.39 is 0 Å². The van der Waals surface area contributed by atoms with Crippen LogP contribution in [-0.4, -0.2) is 41.8 Å². The summed E-state index contributed by atoms with van der Waals surface area (Å²) in [5.41, 5.74) is 2.07. The van der Waals surface area contributed by atoms with E-state index in [-0.39, 0.29) is 23.5 Å². The summed E-state index contributed by atoms with van der Waals surface area (Å²) in [7, 11) is 3.14. The van der Waals surface area contributed by atoms with Crippen molar-refractivity contribution in [3.05, 3.63) is 60.0 Å². The fourth-order valence-corrected chi connectivity index (χ4v) is 4.94. The summed E-state index contributed by atoms with van der Waals surface area (Å²) in [4.78, 5) is 13.3. The van der Waals surface area contributed by atoms with E-state index in [1.807, 2.05) is 18.2 Å². The maximum atomic E-state index is 13.6. The Morgan fingerprint density at radius 1 is 1.12 bits per heavy atom. The molecular formula is C26H29ClFN3O3. The van der Waals surface area contributed by atoms with Crippen LogP contribution in [0.3, 0.4) is 0 Å². The van der Waals surface area contributed by atoms with E-state index in [0.29, 0.717) is 40.2 Å². The molecule has 1 amide bonds. The molecule has 8 heteroatoms. The molecule has 3 aromatic rings. The molecule has 6 nitrogen and oxygen atoms in total. The molecule has 1 aliphatic carbocycles. The molecule has 34 heavy (non-hydrogen) atoms. The number of hydrogen-bond donors (Lipinski definition) is 1. The van der Waals surface area contributed by atoms with Crippen LogP contribution in [0, 0.1) is 11.7 Å². The van der Waals surface area contributed by atoms with Crippen molar-refractivity contribution in [1.29, 1.82) is 0 Å². The standard InChI is InChI=1S/C26H29ClFN3O3/c1-33-23-9-6-10-24(34-2)25(23)22-15-20(30-31(22)19-13-11-18(28)12-14-19)26(32)29-21(16-27)17-7-4-3-5-8-17/h6,9-15,17,21H,3-5,7-8,16H2,1-2H3,(H,29,32)/t21-/m1/s1. The number of amides is 1. The van der Waals surface area contributed by atoms with Gasteiger partial charge >= 0.3 is 0 Å². The Kier molecular flexibility index (Phi) is 7.73. The van der Waals surface area contributed by atoms with Crippen LogP contribution in [0.4, 0.5) is 4.39 Å². The Hall–Kier alpha value is -3.06. The van der Waals surface area contributed by atoms with Gasteiger partial charge in [0.1, 0.15) is 17.3 Å². The first-order chi connectivity index (χ1) is 16.5. The summed E-state index contributed by atoms with van der Waals surface area (Å²) in [6, 6.07) is 13.0. The monoisotopic (exact) mass is 485 g/mol. The first-order valence-corrected chi connectivity index (χ1v) is 12.0. The highest BCUT2D eigenvalue weighted by Crippen LogP contribution is 2.39. The van der Waals surface area contributed by atoms with Crippen LogP contribution in [0.1, 0.15) is 42.6 Å². The number of benzene rings is 2. The van der Waals surface area contributed by atoms with Crippen LogP contribution >= 0.6 is 11.6 Å². The minimum Gasteiger partial charge on any atom is -0.496 e. The summed E-state index contributed by atoms with van der Waals surface area (Å²) >= 11 is 6.25. The van der Waals surface area contributed by atoms with Crippen LogP contribution in [-0.2, 0) is 0 Å². The molecule has 4 rings (SSSR count). The van der Waals surface area contributed by atoms with Gasteiger partial charge in [-0.05, 0) is 61.2 Å². The zero-order valence-corrected chi connectivity index (χ0v) is 20.1. The van der Waals surface area contributed by atoms with Gasteiger partial charge in [0, 0.05) is 11.9 Å². The molecule has 0 aliphatic heterocycles. The number of nitrogens with zero attached hydrogens (tertiary/aromatic N) is 2. The number of ether oxygens (including phenoxy) is 2. The van der Waals surface area contributed by atoms with Crippen molar-refractivity contribution in [3.8, 4) is 28.4 Å². The Balaban J connectivity index is 1.76. The highest BCUT2D eigenvalue weighted by atomic mass is 35.5. The SMILES string of the molecule is COc1cccc(OC)c1-c1cc(C(=O)N[C@H](CCl)C2CCCCC2)nn1-c1ccc(F)cc1. The van der Waals surface area contributed by atoms with Gasteiger partial charge in [0.05, 0.1) is 31.2 Å². The minimum atomic E-state index is -0.359. The van der Waals surface area contributed by atoms with E-state index in [2.05, 4.69) is 10.4 Å². The van der Waals surface area contributed by atoms with E-state index in [0.717, 1.165) is 25.7 Å². The van der Waals surface area contributed by atoms with E-state index in [1.165, 1.54) is 18.6 Å². The summed E-state index contributed by atoms with van der Waals surface area (Å²) in [6.07, 6.45) is 5.66. The van der Waals surface area contributed by atoms with Gasteiger partial charge in [-0.1, -0.05) is 25.3 Å². The molecule has 180 valence electrons. The van der Waals surface area contributed by atoms with Crippen LogP contribution in [0.15, 0.2) is 48.5 Å². The molecule has 0 bridgehead atoms. The highest BCUT2D eigenvalue weighted by Gasteiger charge is 2.27. The molecule has 1 N–H and O–H groups in total. The van der Waals surface area contributed by atoms with Crippen molar-refractivity contribution in [2.45, 2.75) is 38.1 Å². The third-order valence-corrected chi connectivity index (χ3v) is 6.73. The number of carbonyl (C=O) groups excluding carboxylic acids is 1. The van der Waals surface area contributed by atoms with Crippen LogP contribution in [0.2, 0.25) is 0 Å². The molecule has 1 saturated carbocycles. The first-order valence-electron chi connectivity index (χ1n) is 11.5. The van der Waals surface area contributed by atoms with E-state index in [9.17, 15) is 9.18 Å². The maximum absolute atomic E-state index is 13.6. The average Bonchev–Trinajstić information content (AvgIpc) is 3.32. The van der Waals surface area contributed by atoms with Gasteiger partial charge in [-0.3, -0.25) is 4.79 Å². The normalized spacial score (nSPS) is 15.1. The molecule has 1 fully saturated rings. The number of carbonyl (C=O) groups is 1. The van der Waals surface area contributed by atoms with Crippen molar-refractivity contribution in [2.24, 2.45) is 5.92 Å². The Morgan fingerprint density at radius 3 is 2.35 bits per heavy atom. The fourth-order valence-electron chi connectivity index (χ4n) is 4.61. The van der Waals surface area contributed by atoms with E-state index in [1.54, 1.807) is 37.1 Å². The number of rotatable bonds is 8. The molecule has 1 atom stereocenters. The smallest absolute Gasteiger partial charge is 0.272 e. The second-order valence-corrected chi connectivity index (χ2v) is 8.78. The number of aromatic nitrogens is 2. The number of nitrogens with one attached hydrogen (secondary N) is 1. The Morgan fingerprint density at radius 2 is 1.76 bits per heavy atom. The second-order valence-electron chi connectivity index (χ2n) is 8.47. The molecule has 1 heterocycles. The lowest BCUT2D eigenvalue weighted by Gasteiger charge is -2.29. The van der Waals surface area contributed by atoms with Crippen molar-refractivity contribution >= 4 is 17.5 Å². The molecule has 0 unspecified atom stereocenters. The van der Waals surface area contributed by atoms with Crippen LogP contribution < -0.4 is 14.8 Å². The van der Waals surface area contributed by atoms with Crippen molar-refractivity contribution in [2.75, 3.05) is 20.1 Å². The van der Waals surface area contributed by atoms with E-state index >= 15 is 0 Å². The maximum Gasteiger partial charge on any atom is 0.272 e. The zero-order chi connectivity index (χ0) is 24.1. The number of hydrogen-bond acceptors (Lipinski definition) is 4. The van der Waals surface area contributed by atoms with Gasteiger partial charge in [-0.2, -0.15) is 5.10 Å². The summed E-state index contributed by atoms with van der Waals surface area (Å²) in [5, 5.41) is 7.69. The molecular weight excluding hydrogens is 457 g/mol. The third kappa shape index (κ3) is 5.04. The van der Waals surface area contributed by atoms with Gasteiger partial charge < -0.3 is 14.8 Å². The van der Waals surface area contributed by atoms with E-state index in [4.69, 9.17) is 21.1 Å².